The van der Waals surface area contributed by atoms with Gasteiger partial charge in [-0.2, -0.15) is 0 Å². The molecule has 0 N–H and O–H groups in total. The monoisotopic (exact) mass is 925 g/mol. The molecular formula is C61H112O5. The van der Waals surface area contributed by atoms with Crippen molar-refractivity contribution >= 4 is 11.9 Å². The number of esters is 2. The van der Waals surface area contributed by atoms with Crippen molar-refractivity contribution in [2.45, 2.75) is 309 Å². The summed E-state index contributed by atoms with van der Waals surface area (Å²) in [6, 6.07) is 0. The fraction of sp³-hybridized carbons (Fsp3) is 0.836. The molecule has 0 aliphatic heterocycles. The van der Waals surface area contributed by atoms with Gasteiger partial charge in [0.1, 0.15) is 6.61 Å². The van der Waals surface area contributed by atoms with Crippen LogP contribution in [0.1, 0.15) is 303 Å². The molecular weight excluding hydrogens is 813 g/mol. The van der Waals surface area contributed by atoms with Gasteiger partial charge in [0.05, 0.1) is 6.61 Å². The van der Waals surface area contributed by atoms with Crippen LogP contribution in [0.4, 0.5) is 0 Å². The third-order valence-electron chi connectivity index (χ3n) is 12.8. The second-order valence-corrected chi connectivity index (χ2v) is 19.5. The lowest BCUT2D eigenvalue weighted by molar-refractivity contribution is -0.163. The predicted octanol–water partition coefficient (Wildman–Crippen LogP) is 19.9. The van der Waals surface area contributed by atoms with E-state index in [0.29, 0.717) is 19.4 Å². The molecule has 1 unspecified atom stereocenters. The molecule has 0 amide bonds. The molecule has 0 bridgehead atoms. The molecule has 0 aromatic heterocycles. The first-order valence-electron chi connectivity index (χ1n) is 29.2. The van der Waals surface area contributed by atoms with Gasteiger partial charge in [0.25, 0.3) is 0 Å². The number of hydrogen-bond acceptors (Lipinski definition) is 5. The second-order valence-electron chi connectivity index (χ2n) is 19.5. The number of allylic oxidation sites excluding steroid dienone is 8. The van der Waals surface area contributed by atoms with E-state index in [9.17, 15) is 9.59 Å². The van der Waals surface area contributed by atoms with E-state index in [-0.39, 0.29) is 25.2 Å². The molecule has 5 nitrogen and oxygen atoms in total. The van der Waals surface area contributed by atoms with Gasteiger partial charge < -0.3 is 14.2 Å². The Kier molecular flexibility index (Phi) is 55.3. The zero-order valence-corrected chi connectivity index (χ0v) is 44.5. The molecule has 0 aromatic carbocycles. The van der Waals surface area contributed by atoms with E-state index in [1.54, 1.807) is 0 Å². The molecule has 0 aromatic rings. The molecule has 386 valence electrons. The number of rotatable bonds is 54. The van der Waals surface area contributed by atoms with E-state index in [2.05, 4.69) is 69.4 Å². The van der Waals surface area contributed by atoms with Gasteiger partial charge in [-0.25, -0.2) is 0 Å². The molecule has 0 aliphatic carbocycles. The van der Waals surface area contributed by atoms with E-state index in [1.165, 1.54) is 212 Å². The lowest BCUT2D eigenvalue weighted by atomic mass is 10.0. The summed E-state index contributed by atoms with van der Waals surface area (Å²) in [5.74, 6) is -0.389. The van der Waals surface area contributed by atoms with Crippen LogP contribution in [0.3, 0.4) is 0 Å². The number of carbonyl (C=O) groups is 2. The van der Waals surface area contributed by atoms with Gasteiger partial charge in [-0.15, -0.1) is 0 Å². The van der Waals surface area contributed by atoms with E-state index in [4.69, 9.17) is 14.2 Å². The normalized spacial score (nSPS) is 12.5. The van der Waals surface area contributed by atoms with E-state index in [0.717, 1.165) is 57.8 Å². The maximum Gasteiger partial charge on any atom is 0.306 e. The van der Waals surface area contributed by atoms with E-state index >= 15 is 0 Å². The van der Waals surface area contributed by atoms with Crippen LogP contribution in [0.5, 0.6) is 0 Å². The zero-order chi connectivity index (χ0) is 47.7. The average Bonchev–Trinajstić information content (AvgIpc) is 3.32. The van der Waals surface area contributed by atoms with Crippen LogP contribution in [0.15, 0.2) is 48.6 Å². The molecule has 0 rings (SSSR count). The zero-order valence-electron chi connectivity index (χ0n) is 44.5. The van der Waals surface area contributed by atoms with Gasteiger partial charge in [0.2, 0.25) is 0 Å². The minimum absolute atomic E-state index is 0.0839. The summed E-state index contributed by atoms with van der Waals surface area (Å²) in [4.78, 5) is 25.5. The number of carbonyl (C=O) groups excluding carboxylic acids is 2. The SMILES string of the molecule is CC/C=C\C/C=C\C/C=C\CCCCCCCCCCOCC(COC(=O)CCCCCCCCC/C=C\CCCCCCCC)OC(=O)CCCCCCCCCCCCCCCCC. The maximum absolute atomic E-state index is 12.9. The summed E-state index contributed by atoms with van der Waals surface area (Å²) in [5.41, 5.74) is 0. The van der Waals surface area contributed by atoms with E-state index < -0.39 is 6.10 Å². The fourth-order valence-electron chi connectivity index (χ4n) is 8.52. The topological polar surface area (TPSA) is 61.8 Å². The van der Waals surface area contributed by atoms with Crippen molar-refractivity contribution in [3.8, 4) is 0 Å². The smallest absolute Gasteiger partial charge is 0.306 e. The highest BCUT2D eigenvalue weighted by Crippen LogP contribution is 2.16. The fourth-order valence-corrected chi connectivity index (χ4v) is 8.52. The predicted molar refractivity (Wildman–Crippen MR) is 288 cm³/mol. The Bertz CT molecular complexity index is 1090. The molecule has 66 heavy (non-hydrogen) atoms. The van der Waals surface area contributed by atoms with Gasteiger partial charge in [0.15, 0.2) is 6.10 Å². The first-order chi connectivity index (χ1) is 32.6. The number of hydrogen-bond donors (Lipinski definition) is 0. The van der Waals surface area contributed by atoms with Crippen LogP contribution in [0, 0.1) is 0 Å². The molecule has 0 aliphatic rings. The van der Waals surface area contributed by atoms with Crippen LogP contribution in [-0.2, 0) is 23.8 Å². The number of unbranched alkanes of at least 4 members (excludes halogenated alkanes) is 35. The van der Waals surface area contributed by atoms with Crippen LogP contribution >= 0.6 is 0 Å². The van der Waals surface area contributed by atoms with Crippen molar-refractivity contribution in [3.05, 3.63) is 48.6 Å². The summed E-state index contributed by atoms with van der Waals surface area (Å²) in [6.45, 7) is 7.75. The summed E-state index contributed by atoms with van der Waals surface area (Å²) < 4.78 is 17.5. The first kappa shape index (κ1) is 63.9. The largest absolute Gasteiger partial charge is 0.462 e. The lowest BCUT2D eigenvalue weighted by Gasteiger charge is -2.18. The molecule has 0 radical (unpaired) electrons. The number of ether oxygens (including phenoxy) is 3. The summed E-state index contributed by atoms with van der Waals surface area (Å²) in [5, 5.41) is 0. The molecule has 0 saturated heterocycles. The summed E-state index contributed by atoms with van der Waals surface area (Å²) >= 11 is 0. The van der Waals surface area contributed by atoms with E-state index in [1.807, 2.05) is 0 Å². The molecule has 0 spiro atoms. The Balaban J connectivity index is 4.25. The molecule has 0 saturated carbocycles. The van der Waals surface area contributed by atoms with Crippen molar-refractivity contribution in [2.75, 3.05) is 19.8 Å². The minimum atomic E-state index is -0.539. The third-order valence-corrected chi connectivity index (χ3v) is 12.8. The van der Waals surface area contributed by atoms with Gasteiger partial charge in [-0.05, 0) is 77.0 Å². The van der Waals surface area contributed by atoms with Crippen LogP contribution in [-0.4, -0.2) is 37.9 Å². The quantitative estimate of drug-likeness (QED) is 0.0345. The van der Waals surface area contributed by atoms with Crippen molar-refractivity contribution < 1.29 is 23.8 Å². The van der Waals surface area contributed by atoms with Crippen molar-refractivity contribution in [3.63, 3.8) is 0 Å². The van der Waals surface area contributed by atoms with Crippen LogP contribution < -0.4 is 0 Å². The maximum atomic E-state index is 12.9. The molecule has 0 heterocycles. The average molecular weight is 926 g/mol. The Hall–Kier alpha value is -2.14. The first-order valence-corrected chi connectivity index (χ1v) is 29.2. The molecule has 0 fully saturated rings. The second kappa shape index (κ2) is 57.2. The van der Waals surface area contributed by atoms with Crippen molar-refractivity contribution in [1.29, 1.82) is 0 Å². The van der Waals surface area contributed by atoms with Crippen LogP contribution in [0.25, 0.3) is 0 Å². The minimum Gasteiger partial charge on any atom is -0.462 e. The highest BCUT2D eigenvalue weighted by Gasteiger charge is 2.17. The molecule has 5 heteroatoms. The highest BCUT2D eigenvalue weighted by atomic mass is 16.6. The van der Waals surface area contributed by atoms with Crippen LogP contribution in [0.2, 0.25) is 0 Å². The van der Waals surface area contributed by atoms with Gasteiger partial charge in [-0.3, -0.25) is 9.59 Å². The van der Waals surface area contributed by atoms with Gasteiger partial charge in [-0.1, -0.05) is 262 Å². The Morgan fingerprint density at radius 2 is 0.682 bits per heavy atom. The molecule has 1 atom stereocenters. The van der Waals surface area contributed by atoms with Crippen molar-refractivity contribution in [1.82, 2.24) is 0 Å². The lowest BCUT2D eigenvalue weighted by Crippen LogP contribution is -2.30. The summed E-state index contributed by atoms with van der Waals surface area (Å²) in [7, 11) is 0. The Labute approximate surface area is 412 Å². The van der Waals surface area contributed by atoms with Crippen molar-refractivity contribution in [2.24, 2.45) is 0 Å². The van der Waals surface area contributed by atoms with Gasteiger partial charge >= 0.3 is 11.9 Å². The standard InChI is InChI=1S/C61H112O5/c1-4-7-10-13-16-19-22-25-28-30-32-35-38-41-44-47-50-53-56-64-57-59(66-61(63)55-52-49-46-43-40-37-33-27-24-21-18-15-12-9-6-3)58-65-60(62)54-51-48-45-42-39-36-34-31-29-26-23-20-17-14-11-8-5-2/h7,10,16,19,25-26,28-29,59H,4-6,8-9,11-15,17-18,20-24,27,30-58H2,1-3H3/b10-7-,19-16-,28-25-,29-26-. The highest BCUT2D eigenvalue weighted by molar-refractivity contribution is 5.70. The van der Waals surface area contributed by atoms with Gasteiger partial charge in [0, 0.05) is 19.4 Å². The Morgan fingerprint density at radius 1 is 0.348 bits per heavy atom. The third kappa shape index (κ3) is 54.5. The Morgan fingerprint density at radius 3 is 1.11 bits per heavy atom. The summed E-state index contributed by atoms with van der Waals surface area (Å²) in [6.07, 6.45) is 71.3.